The van der Waals surface area contributed by atoms with Gasteiger partial charge >= 0.3 is 0 Å². The molecule has 4 rings (SSSR count). The number of hydrogen-bond donors (Lipinski definition) is 0. The molecular weight excluding hydrogens is 419 g/mol. The molecule has 2 aromatic rings. The van der Waals surface area contributed by atoms with Crippen LogP contribution in [0.5, 0.6) is 0 Å². The smallest absolute Gasteiger partial charge is 0.223 e. The number of aryl methyl sites for hydroxylation is 1. The van der Waals surface area contributed by atoms with Gasteiger partial charge in [0.25, 0.3) is 0 Å². The average Bonchev–Trinajstić information content (AvgIpc) is 2.80. The van der Waals surface area contributed by atoms with E-state index in [-0.39, 0.29) is 10.9 Å². The molecule has 0 N–H and O–H groups in total. The molecule has 0 aliphatic carbocycles. The van der Waals surface area contributed by atoms with Gasteiger partial charge in [0.1, 0.15) is 23.8 Å². The zero-order chi connectivity index (χ0) is 21.8. The third kappa shape index (κ3) is 5.43. The first-order valence-electron chi connectivity index (χ1n) is 10.7. The lowest BCUT2D eigenvalue weighted by Crippen LogP contribution is -2.49. The summed E-state index contributed by atoms with van der Waals surface area (Å²) >= 11 is 5.83. The molecule has 2 fully saturated rings. The first-order valence-corrected chi connectivity index (χ1v) is 11.1. The van der Waals surface area contributed by atoms with Gasteiger partial charge < -0.3 is 19.6 Å². The normalized spacial score (nSPS) is 17.8. The molecule has 2 saturated heterocycles. The lowest BCUT2D eigenvalue weighted by molar-refractivity contribution is -0.131. The molecule has 1 amide bonds. The van der Waals surface area contributed by atoms with Gasteiger partial charge in [0, 0.05) is 64.8 Å². The molecule has 31 heavy (non-hydrogen) atoms. The summed E-state index contributed by atoms with van der Waals surface area (Å²) in [4.78, 5) is 30.3. The van der Waals surface area contributed by atoms with Crippen LogP contribution < -0.4 is 9.80 Å². The number of piperazine rings is 2. The van der Waals surface area contributed by atoms with E-state index in [0.717, 1.165) is 56.5 Å². The van der Waals surface area contributed by atoms with Gasteiger partial charge in [-0.05, 0) is 31.2 Å². The number of benzene rings is 1. The molecule has 2 aliphatic rings. The minimum absolute atomic E-state index is 0.0966. The summed E-state index contributed by atoms with van der Waals surface area (Å²) in [5.41, 5.74) is 0.871. The molecule has 0 radical (unpaired) electrons. The summed E-state index contributed by atoms with van der Waals surface area (Å²) in [5, 5.41) is 0.0966. The summed E-state index contributed by atoms with van der Waals surface area (Å²) in [6.07, 6.45) is 2.58. The topological polar surface area (TPSA) is 55.8 Å². The molecule has 0 unspecified atom stereocenters. The van der Waals surface area contributed by atoms with Gasteiger partial charge in [0.2, 0.25) is 5.91 Å². The van der Waals surface area contributed by atoms with E-state index >= 15 is 0 Å². The van der Waals surface area contributed by atoms with Crippen molar-refractivity contribution in [1.82, 2.24) is 19.8 Å². The Kier molecular flexibility index (Phi) is 6.87. The molecule has 0 saturated carbocycles. The van der Waals surface area contributed by atoms with Crippen molar-refractivity contribution in [2.24, 2.45) is 0 Å². The highest BCUT2D eigenvalue weighted by Crippen LogP contribution is 2.21. The Morgan fingerprint density at radius 1 is 0.968 bits per heavy atom. The number of amides is 1. The number of hydrogen-bond acceptors (Lipinski definition) is 6. The van der Waals surface area contributed by atoms with Crippen molar-refractivity contribution in [3.8, 4) is 0 Å². The van der Waals surface area contributed by atoms with Crippen LogP contribution in [0.15, 0.2) is 30.6 Å². The van der Waals surface area contributed by atoms with E-state index in [1.807, 2.05) is 4.90 Å². The first-order chi connectivity index (χ1) is 15.0. The predicted molar refractivity (Wildman–Crippen MR) is 120 cm³/mol. The molecule has 9 heteroatoms. The summed E-state index contributed by atoms with van der Waals surface area (Å²) in [5.74, 6) is 1.56. The SMILES string of the molecule is CN1CCN(c2cc(N3CCN(C(=O)CCc4ccc(F)c(Cl)c4)CC3)ncn2)CC1. The Morgan fingerprint density at radius 2 is 1.58 bits per heavy atom. The Bertz CT molecular complexity index is 913. The molecule has 1 aromatic heterocycles. The molecule has 1 aromatic carbocycles. The lowest BCUT2D eigenvalue weighted by Gasteiger charge is -2.36. The van der Waals surface area contributed by atoms with Crippen LogP contribution in [0.1, 0.15) is 12.0 Å². The van der Waals surface area contributed by atoms with Crippen molar-refractivity contribution in [2.75, 3.05) is 69.2 Å². The van der Waals surface area contributed by atoms with Crippen LogP contribution in [0.25, 0.3) is 0 Å². The van der Waals surface area contributed by atoms with Crippen LogP contribution in [0.2, 0.25) is 5.02 Å². The van der Waals surface area contributed by atoms with Crippen LogP contribution in [-0.4, -0.2) is 85.1 Å². The largest absolute Gasteiger partial charge is 0.354 e. The van der Waals surface area contributed by atoms with Crippen molar-refractivity contribution < 1.29 is 9.18 Å². The van der Waals surface area contributed by atoms with Crippen LogP contribution in [-0.2, 0) is 11.2 Å². The number of nitrogens with zero attached hydrogens (tertiary/aromatic N) is 6. The number of carbonyl (C=O) groups is 1. The van der Waals surface area contributed by atoms with E-state index in [1.165, 1.54) is 6.07 Å². The number of carbonyl (C=O) groups excluding carboxylic acids is 1. The summed E-state index contributed by atoms with van der Waals surface area (Å²) < 4.78 is 13.3. The molecule has 0 atom stereocenters. The second kappa shape index (κ2) is 9.78. The van der Waals surface area contributed by atoms with Gasteiger partial charge in [-0.2, -0.15) is 0 Å². The Hall–Kier alpha value is -2.45. The number of rotatable bonds is 5. The van der Waals surface area contributed by atoms with Crippen molar-refractivity contribution in [3.05, 3.63) is 47.0 Å². The zero-order valence-corrected chi connectivity index (χ0v) is 18.6. The van der Waals surface area contributed by atoms with Crippen LogP contribution in [0.4, 0.5) is 16.0 Å². The standard InChI is InChI=1S/C22H28ClFN6O/c1-27-6-8-28(9-7-27)20-15-21(26-16-25-20)29-10-12-30(13-11-29)22(31)5-3-17-2-4-19(24)18(23)14-17/h2,4,14-16H,3,5-13H2,1H3. The fourth-order valence-electron chi connectivity index (χ4n) is 4.01. The fraction of sp³-hybridized carbons (Fsp3) is 0.500. The molecule has 0 bridgehead atoms. The van der Waals surface area contributed by atoms with Gasteiger partial charge in [0.15, 0.2) is 0 Å². The maximum Gasteiger partial charge on any atom is 0.223 e. The van der Waals surface area contributed by atoms with Crippen LogP contribution in [0, 0.1) is 5.82 Å². The average molecular weight is 447 g/mol. The minimum Gasteiger partial charge on any atom is -0.354 e. The molecule has 3 heterocycles. The summed E-state index contributed by atoms with van der Waals surface area (Å²) in [6.45, 7) is 6.81. The van der Waals surface area contributed by atoms with Gasteiger partial charge in [-0.25, -0.2) is 14.4 Å². The van der Waals surface area contributed by atoms with Gasteiger partial charge in [0.05, 0.1) is 5.02 Å². The van der Waals surface area contributed by atoms with E-state index < -0.39 is 5.82 Å². The van der Waals surface area contributed by atoms with Crippen LogP contribution in [0.3, 0.4) is 0 Å². The van der Waals surface area contributed by atoms with Gasteiger partial charge in [-0.15, -0.1) is 0 Å². The van der Waals surface area contributed by atoms with E-state index in [1.54, 1.807) is 18.5 Å². The molecule has 166 valence electrons. The lowest BCUT2D eigenvalue weighted by atomic mass is 10.1. The third-order valence-corrected chi connectivity index (χ3v) is 6.32. The van der Waals surface area contributed by atoms with Crippen molar-refractivity contribution in [2.45, 2.75) is 12.8 Å². The number of likely N-dealkylation sites (N-methyl/N-ethyl adjacent to an activating group) is 1. The second-order valence-electron chi connectivity index (χ2n) is 8.14. The maximum atomic E-state index is 13.3. The number of aromatic nitrogens is 2. The first kappa shape index (κ1) is 21.8. The minimum atomic E-state index is -0.437. The third-order valence-electron chi connectivity index (χ3n) is 6.03. The highest BCUT2D eigenvalue weighted by atomic mass is 35.5. The highest BCUT2D eigenvalue weighted by molar-refractivity contribution is 6.30. The monoisotopic (exact) mass is 446 g/mol. The molecular formula is C22H28ClFN6O. The summed E-state index contributed by atoms with van der Waals surface area (Å²) in [7, 11) is 2.14. The maximum absolute atomic E-state index is 13.3. The van der Waals surface area contributed by atoms with E-state index in [2.05, 4.69) is 37.8 Å². The zero-order valence-electron chi connectivity index (χ0n) is 17.8. The van der Waals surface area contributed by atoms with E-state index in [4.69, 9.17) is 11.6 Å². The van der Waals surface area contributed by atoms with Crippen molar-refractivity contribution >= 4 is 29.1 Å². The van der Waals surface area contributed by atoms with Gasteiger partial charge in [-0.1, -0.05) is 17.7 Å². The molecule has 7 nitrogen and oxygen atoms in total. The van der Waals surface area contributed by atoms with Gasteiger partial charge in [-0.3, -0.25) is 4.79 Å². The fourth-order valence-corrected chi connectivity index (χ4v) is 4.21. The van der Waals surface area contributed by atoms with Crippen molar-refractivity contribution in [1.29, 1.82) is 0 Å². The number of halogens is 2. The van der Waals surface area contributed by atoms with Crippen LogP contribution >= 0.6 is 11.6 Å². The highest BCUT2D eigenvalue weighted by Gasteiger charge is 2.23. The summed E-state index contributed by atoms with van der Waals surface area (Å²) in [6, 6.07) is 6.68. The van der Waals surface area contributed by atoms with E-state index in [0.29, 0.717) is 25.9 Å². The Morgan fingerprint density at radius 3 is 2.19 bits per heavy atom. The van der Waals surface area contributed by atoms with Crippen molar-refractivity contribution in [3.63, 3.8) is 0 Å². The Labute approximate surface area is 187 Å². The second-order valence-corrected chi connectivity index (χ2v) is 8.55. The number of anilines is 2. The quantitative estimate of drug-likeness (QED) is 0.702. The molecule has 2 aliphatic heterocycles. The predicted octanol–water partition coefficient (Wildman–Crippen LogP) is 2.30. The molecule has 0 spiro atoms. The van der Waals surface area contributed by atoms with E-state index in [9.17, 15) is 9.18 Å². The Balaban J connectivity index is 1.28.